The van der Waals surface area contributed by atoms with Crippen LogP contribution < -0.4 is 5.01 Å². The number of Topliss-reactive ketones (excluding diaryl/α,β-unsaturated/α-hetero) is 1. The molecule has 1 spiro atoms. The fraction of sp³-hybridized carbons (Fsp3) is 0.161. The number of hydrogen-bond acceptors (Lipinski definition) is 3. The molecule has 1 aliphatic carbocycles. The van der Waals surface area contributed by atoms with Crippen LogP contribution in [0.2, 0.25) is 0 Å². The number of hydrazone groups is 1. The molecule has 2 unspecified atom stereocenters. The van der Waals surface area contributed by atoms with E-state index < -0.39 is 5.54 Å². The zero-order chi connectivity index (χ0) is 23.1. The van der Waals surface area contributed by atoms with Crippen LogP contribution >= 0.6 is 0 Å². The molecule has 0 bridgehead atoms. The lowest BCUT2D eigenvalue weighted by atomic mass is 9.65. The first-order valence-corrected chi connectivity index (χ1v) is 11.9. The van der Waals surface area contributed by atoms with Gasteiger partial charge in [-0.1, -0.05) is 103 Å². The van der Waals surface area contributed by atoms with Crippen LogP contribution in [0, 0.1) is 6.92 Å². The van der Waals surface area contributed by atoms with Gasteiger partial charge in [0.05, 0.1) is 17.3 Å². The van der Waals surface area contributed by atoms with Gasteiger partial charge < -0.3 is 0 Å². The Morgan fingerprint density at radius 2 is 1.44 bits per heavy atom. The standard InChI is InChI=1S/C31H26N2O/c1-22-16-18-26(19-17-22)33-31(21-20-23-10-8-9-15-27(23)30(31)34)28(24-11-4-2-5-12-24)29(32-33)25-13-6-3-7-14-25/h2-19,28H,20-21H2,1H3. The molecule has 0 fully saturated rings. The van der Waals surface area contributed by atoms with E-state index >= 15 is 0 Å². The third-order valence-corrected chi connectivity index (χ3v) is 7.25. The number of fused-ring (bicyclic) bond motifs is 1. The van der Waals surface area contributed by atoms with Crippen LogP contribution in [0.5, 0.6) is 0 Å². The van der Waals surface area contributed by atoms with E-state index in [9.17, 15) is 4.79 Å². The summed E-state index contributed by atoms with van der Waals surface area (Å²) in [6, 6.07) is 37.1. The first-order valence-electron chi connectivity index (χ1n) is 11.9. The first-order chi connectivity index (χ1) is 16.7. The van der Waals surface area contributed by atoms with Crippen LogP contribution in [0.1, 0.15) is 45.0 Å². The molecule has 4 aromatic rings. The van der Waals surface area contributed by atoms with Gasteiger partial charge in [-0.3, -0.25) is 9.80 Å². The van der Waals surface area contributed by atoms with Gasteiger partial charge in [0.1, 0.15) is 5.54 Å². The summed E-state index contributed by atoms with van der Waals surface area (Å²) in [5.74, 6) is -0.0308. The van der Waals surface area contributed by atoms with Crippen LogP contribution in [-0.4, -0.2) is 17.0 Å². The molecule has 6 rings (SSSR count). The predicted octanol–water partition coefficient (Wildman–Crippen LogP) is 6.57. The molecule has 0 N–H and O–H groups in total. The molecule has 3 heteroatoms. The Hall–Kier alpha value is -3.98. The van der Waals surface area contributed by atoms with E-state index in [1.54, 1.807) is 0 Å². The van der Waals surface area contributed by atoms with Crippen molar-refractivity contribution in [2.75, 3.05) is 5.01 Å². The molecule has 4 aromatic carbocycles. The second kappa shape index (κ2) is 8.11. The summed E-state index contributed by atoms with van der Waals surface area (Å²) in [5, 5.41) is 7.28. The number of nitrogens with zero attached hydrogens (tertiary/aromatic N) is 2. The summed E-state index contributed by atoms with van der Waals surface area (Å²) in [4.78, 5) is 14.5. The summed E-state index contributed by atoms with van der Waals surface area (Å²) >= 11 is 0. The van der Waals surface area contributed by atoms with Crippen molar-refractivity contribution in [2.24, 2.45) is 5.10 Å². The van der Waals surface area contributed by atoms with Gasteiger partial charge in [-0.2, -0.15) is 5.10 Å². The number of anilines is 1. The lowest BCUT2D eigenvalue weighted by molar-refractivity contribution is 0.0856. The number of ketones is 1. The van der Waals surface area contributed by atoms with E-state index in [1.807, 2.05) is 47.5 Å². The Balaban J connectivity index is 1.63. The first kappa shape index (κ1) is 20.6. The van der Waals surface area contributed by atoms with E-state index in [0.717, 1.165) is 40.1 Å². The van der Waals surface area contributed by atoms with Gasteiger partial charge in [0, 0.05) is 5.56 Å². The van der Waals surface area contributed by atoms with Crippen molar-refractivity contribution in [3.63, 3.8) is 0 Å². The molecular formula is C31H26N2O. The van der Waals surface area contributed by atoms with Crippen molar-refractivity contribution in [3.8, 4) is 0 Å². The summed E-state index contributed by atoms with van der Waals surface area (Å²) in [7, 11) is 0. The van der Waals surface area contributed by atoms with Crippen molar-refractivity contribution in [3.05, 3.63) is 137 Å². The average molecular weight is 443 g/mol. The molecule has 0 aromatic heterocycles. The topological polar surface area (TPSA) is 32.7 Å². The van der Waals surface area contributed by atoms with E-state index in [-0.39, 0.29) is 11.7 Å². The van der Waals surface area contributed by atoms with Crippen LogP contribution in [0.3, 0.4) is 0 Å². The predicted molar refractivity (Wildman–Crippen MR) is 138 cm³/mol. The second-order valence-electron chi connectivity index (χ2n) is 9.25. The Morgan fingerprint density at radius 3 is 2.18 bits per heavy atom. The highest BCUT2D eigenvalue weighted by atomic mass is 16.1. The normalized spacial score (nSPS) is 21.4. The van der Waals surface area contributed by atoms with Crippen LogP contribution in [-0.2, 0) is 6.42 Å². The van der Waals surface area contributed by atoms with Gasteiger partial charge in [0.15, 0.2) is 5.78 Å². The van der Waals surface area contributed by atoms with E-state index in [1.165, 1.54) is 5.56 Å². The number of benzene rings is 4. The lowest BCUT2D eigenvalue weighted by Gasteiger charge is -2.43. The maximum Gasteiger partial charge on any atom is 0.191 e. The van der Waals surface area contributed by atoms with Crippen molar-refractivity contribution in [1.29, 1.82) is 0 Å². The fourth-order valence-corrected chi connectivity index (χ4v) is 5.60. The van der Waals surface area contributed by atoms with Crippen molar-refractivity contribution >= 4 is 17.2 Å². The minimum atomic E-state index is -0.823. The average Bonchev–Trinajstić information content (AvgIpc) is 3.24. The fourth-order valence-electron chi connectivity index (χ4n) is 5.60. The third-order valence-electron chi connectivity index (χ3n) is 7.25. The number of rotatable bonds is 3. The highest BCUT2D eigenvalue weighted by Gasteiger charge is 2.59. The molecule has 34 heavy (non-hydrogen) atoms. The highest BCUT2D eigenvalue weighted by Crippen LogP contribution is 2.50. The van der Waals surface area contributed by atoms with Gasteiger partial charge in [0.2, 0.25) is 0 Å². The van der Waals surface area contributed by atoms with Gasteiger partial charge in [-0.25, -0.2) is 0 Å². The quantitative estimate of drug-likeness (QED) is 0.359. The van der Waals surface area contributed by atoms with Crippen LogP contribution in [0.4, 0.5) is 5.69 Å². The molecule has 1 aliphatic heterocycles. The molecule has 166 valence electrons. The molecule has 0 saturated heterocycles. The molecule has 2 aliphatic rings. The number of carbonyl (C=O) groups excluding carboxylic acids is 1. The maximum absolute atomic E-state index is 14.5. The summed E-state index contributed by atoms with van der Waals surface area (Å²) < 4.78 is 0. The zero-order valence-corrected chi connectivity index (χ0v) is 19.2. The molecule has 0 radical (unpaired) electrons. The Labute approximate surface area is 200 Å². The van der Waals surface area contributed by atoms with Gasteiger partial charge in [-0.15, -0.1) is 0 Å². The van der Waals surface area contributed by atoms with Crippen molar-refractivity contribution in [1.82, 2.24) is 0 Å². The second-order valence-corrected chi connectivity index (χ2v) is 9.25. The Morgan fingerprint density at radius 1 is 0.794 bits per heavy atom. The molecule has 0 saturated carbocycles. The minimum Gasteiger partial charge on any atom is -0.291 e. The van der Waals surface area contributed by atoms with Crippen LogP contribution in [0.25, 0.3) is 0 Å². The van der Waals surface area contributed by atoms with Crippen molar-refractivity contribution in [2.45, 2.75) is 31.2 Å². The Kier molecular flexibility index (Phi) is 4.91. The van der Waals surface area contributed by atoms with E-state index in [4.69, 9.17) is 5.10 Å². The zero-order valence-electron chi connectivity index (χ0n) is 19.2. The van der Waals surface area contributed by atoms with Crippen LogP contribution in [0.15, 0.2) is 114 Å². The monoisotopic (exact) mass is 442 g/mol. The SMILES string of the molecule is Cc1ccc(N2N=C(c3ccccc3)C(c3ccccc3)C23CCc2ccccc2C3=O)cc1. The van der Waals surface area contributed by atoms with Gasteiger partial charge >= 0.3 is 0 Å². The van der Waals surface area contributed by atoms with E-state index in [2.05, 4.69) is 73.7 Å². The summed E-state index contributed by atoms with van der Waals surface area (Å²) in [6.45, 7) is 2.08. The molecular weight excluding hydrogens is 416 g/mol. The molecule has 3 nitrogen and oxygen atoms in total. The molecule has 2 atom stereocenters. The van der Waals surface area contributed by atoms with Gasteiger partial charge in [-0.05, 0) is 48.6 Å². The highest BCUT2D eigenvalue weighted by molar-refractivity contribution is 6.18. The number of hydrogen-bond donors (Lipinski definition) is 0. The molecule has 0 amide bonds. The van der Waals surface area contributed by atoms with Gasteiger partial charge in [0.25, 0.3) is 0 Å². The van der Waals surface area contributed by atoms with E-state index in [0.29, 0.717) is 6.42 Å². The molecule has 1 heterocycles. The van der Waals surface area contributed by atoms with Crippen molar-refractivity contribution < 1.29 is 4.79 Å². The minimum absolute atomic E-state index is 0.151. The maximum atomic E-state index is 14.5. The third kappa shape index (κ3) is 3.12. The lowest BCUT2D eigenvalue weighted by Crippen LogP contribution is -2.56. The number of carbonyl (C=O) groups is 1. The Bertz CT molecular complexity index is 1380. The summed E-state index contributed by atoms with van der Waals surface area (Å²) in [5.41, 5.74) is 6.37. The summed E-state index contributed by atoms with van der Waals surface area (Å²) in [6.07, 6.45) is 1.54. The smallest absolute Gasteiger partial charge is 0.191 e. The number of aryl methyl sites for hydroxylation is 2. The largest absolute Gasteiger partial charge is 0.291 e.